The fourth-order valence-electron chi connectivity index (χ4n) is 3.03. The SMILES string of the molecule is CCCCC(CC)COP(=O)(CCCCCN)OCC(CC)CCCC. The molecule has 0 fully saturated rings. The Hall–Kier alpha value is 0.110. The average molecular weight is 392 g/mol. The lowest BCUT2D eigenvalue weighted by molar-refractivity contribution is 0.150. The fourth-order valence-corrected chi connectivity index (χ4v) is 4.85. The molecule has 0 saturated carbocycles. The van der Waals surface area contributed by atoms with Crippen molar-refractivity contribution >= 4 is 7.60 Å². The normalized spacial score (nSPS) is 16.3. The fraction of sp³-hybridized carbons (Fsp3) is 1.00. The topological polar surface area (TPSA) is 61.5 Å². The van der Waals surface area contributed by atoms with E-state index in [1.807, 2.05) is 0 Å². The van der Waals surface area contributed by atoms with Gasteiger partial charge in [0, 0.05) is 0 Å². The molecule has 0 radical (unpaired) electrons. The summed E-state index contributed by atoms with van der Waals surface area (Å²) in [5.74, 6) is 0.968. The summed E-state index contributed by atoms with van der Waals surface area (Å²) in [7, 11) is -3.00. The van der Waals surface area contributed by atoms with Gasteiger partial charge in [0.15, 0.2) is 0 Å². The molecule has 0 aliphatic heterocycles. The highest BCUT2D eigenvalue weighted by Crippen LogP contribution is 2.50. The predicted molar refractivity (Wildman–Crippen MR) is 114 cm³/mol. The van der Waals surface area contributed by atoms with Gasteiger partial charge in [-0.15, -0.1) is 0 Å². The van der Waals surface area contributed by atoms with Crippen LogP contribution in [0, 0.1) is 11.8 Å². The van der Waals surface area contributed by atoms with Crippen LogP contribution in [-0.2, 0) is 13.6 Å². The number of rotatable bonds is 19. The molecule has 0 heterocycles. The summed E-state index contributed by atoms with van der Waals surface area (Å²) < 4.78 is 25.2. The molecule has 2 unspecified atom stereocenters. The molecule has 2 atom stereocenters. The monoisotopic (exact) mass is 391 g/mol. The number of unbranched alkanes of at least 4 members (excludes halogenated alkanes) is 4. The zero-order valence-corrected chi connectivity index (χ0v) is 18.9. The Balaban J connectivity index is 4.63. The van der Waals surface area contributed by atoms with Crippen molar-refractivity contribution in [3.05, 3.63) is 0 Å². The van der Waals surface area contributed by atoms with Crippen LogP contribution in [0.25, 0.3) is 0 Å². The van der Waals surface area contributed by atoms with Crippen LogP contribution >= 0.6 is 7.60 Å². The van der Waals surface area contributed by atoms with E-state index in [1.165, 1.54) is 25.7 Å². The molecule has 0 aromatic heterocycles. The molecular weight excluding hydrogens is 345 g/mol. The molecule has 0 rings (SSSR count). The number of hydrogen-bond donors (Lipinski definition) is 1. The van der Waals surface area contributed by atoms with Crippen LogP contribution in [0.1, 0.15) is 98.3 Å². The molecule has 0 amide bonds. The van der Waals surface area contributed by atoms with Gasteiger partial charge in [-0.25, -0.2) is 0 Å². The summed E-state index contributed by atoms with van der Waals surface area (Å²) in [5, 5.41) is 0. The summed E-state index contributed by atoms with van der Waals surface area (Å²) in [4.78, 5) is 0. The predicted octanol–water partition coefficient (Wildman–Crippen LogP) is 6.77. The van der Waals surface area contributed by atoms with Gasteiger partial charge in [-0.3, -0.25) is 4.57 Å². The van der Waals surface area contributed by atoms with Crippen LogP contribution in [0.2, 0.25) is 0 Å². The molecule has 0 aromatic rings. The summed E-state index contributed by atoms with van der Waals surface area (Å²) in [6.07, 6.45) is 12.6. The van der Waals surface area contributed by atoms with Crippen molar-refractivity contribution in [3.8, 4) is 0 Å². The minimum atomic E-state index is -3.00. The van der Waals surface area contributed by atoms with E-state index in [0.29, 0.717) is 37.8 Å². The van der Waals surface area contributed by atoms with Gasteiger partial charge in [0.25, 0.3) is 0 Å². The summed E-state index contributed by atoms with van der Waals surface area (Å²) >= 11 is 0. The smallest absolute Gasteiger partial charge is 0.330 e. The summed E-state index contributed by atoms with van der Waals surface area (Å²) in [6.45, 7) is 10.6. The van der Waals surface area contributed by atoms with E-state index < -0.39 is 7.60 Å². The van der Waals surface area contributed by atoms with E-state index in [0.717, 1.165) is 44.9 Å². The largest absolute Gasteiger partial charge is 0.330 e. The molecule has 4 nitrogen and oxygen atoms in total. The minimum absolute atomic E-state index is 0.484. The molecule has 158 valence electrons. The van der Waals surface area contributed by atoms with E-state index in [9.17, 15) is 4.57 Å². The molecule has 0 aliphatic carbocycles. The molecule has 0 bridgehead atoms. The van der Waals surface area contributed by atoms with Gasteiger partial charge >= 0.3 is 7.60 Å². The Morgan fingerprint density at radius 2 is 1.27 bits per heavy atom. The van der Waals surface area contributed by atoms with Gasteiger partial charge in [-0.2, -0.15) is 0 Å². The highest BCUT2D eigenvalue weighted by Gasteiger charge is 2.26. The molecular formula is C21H46NO3P. The Bertz CT molecular complexity index is 328. The van der Waals surface area contributed by atoms with Crippen LogP contribution in [0.15, 0.2) is 0 Å². The van der Waals surface area contributed by atoms with Gasteiger partial charge in [-0.05, 0) is 44.1 Å². The quantitative estimate of drug-likeness (QED) is 0.195. The third-order valence-corrected chi connectivity index (χ3v) is 7.19. The van der Waals surface area contributed by atoms with Crippen LogP contribution < -0.4 is 5.73 Å². The first-order chi connectivity index (χ1) is 12.5. The van der Waals surface area contributed by atoms with Crippen molar-refractivity contribution in [1.82, 2.24) is 0 Å². The lowest BCUT2D eigenvalue weighted by Gasteiger charge is -2.24. The highest BCUT2D eigenvalue weighted by atomic mass is 31.2. The molecule has 0 saturated heterocycles. The zero-order chi connectivity index (χ0) is 19.7. The van der Waals surface area contributed by atoms with Gasteiger partial charge in [-0.1, -0.05) is 72.6 Å². The van der Waals surface area contributed by atoms with Crippen molar-refractivity contribution in [2.24, 2.45) is 17.6 Å². The molecule has 0 spiro atoms. The molecule has 26 heavy (non-hydrogen) atoms. The van der Waals surface area contributed by atoms with Gasteiger partial charge < -0.3 is 14.8 Å². The van der Waals surface area contributed by atoms with Gasteiger partial charge in [0.2, 0.25) is 0 Å². The second kappa shape index (κ2) is 17.2. The Labute approximate surface area is 163 Å². The first kappa shape index (κ1) is 26.1. The lowest BCUT2D eigenvalue weighted by atomic mass is 10.0. The third kappa shape index (κ3) is 13.3. The first-order valence-electron chi connectivity index (χ1n) is 11.1. The second-order valence-electron chi connectivity index (χ2n) is 7.61. The van der Waals surface area contributed by atoms with E-state index in [-0.39, 0.29) is 0 Å². The highest BCUT2D eigenvalue weighted by molar-refractivity contribution is 7.53. The first-order valence-corrected chi connectivity index (χ1v) is 12.9. The maximum atomic E-state index is 13.3. The maximum Gasteiger partial charge on any atom is 0.330 e. The van der Waals surface area contributed by atoms with Crippen molar-refractivity contribution < 1.29 is 13.6 Å². The number of nitrogens with two attached hydrogens (primary N) is 1. The summed E-state index contributed by atoms with van der Waals surface area (Å²) in [6, 6.07) is 0. The van der Waals surface area contributed by atoms with Crippen LogP contribution in [0.5, 0.6) is 0 Å². The molecule has 0 aliphatic rings. The van der Waals surface area contributed by atoms with Crippen molar-refractivity contribution in [3.63, 3.8) is 0 Å². The van der Waals surface area contributed by atoms with Crippen LogP contribution in [0.4, 0.5) is 0 Å². The van der Waals surface area contributed by atoms with Gasteiger partial charge in [0.05, 0.1) is 19.4 Å². The van der Waals surface area contributed by atoms with Crippen molar-refractivity contribution in [2.75, 3.05) is 25.9 Å². The molecule has 2 N–H and O–H groups in total. The Morgan fingerprint density at radius 3 is 1.65 bits per heavy atom. The summed E-state index contributed by atoms with van der Waals surface area (Å²) in [5.41, 5.74) is 5.57. The molecule has 0 aromatic carbocycles. The zero-order valence-electron chi connectivity index (χ0n) is 18.0. The standard InChI is InChI=1S/C21H46NO3P/c1-5-9-14-20(7-3)18-24-26(23,17-13-11-12-16-22)25-19-21(8-4)15-10-6-2/h20-21H,5-19,22H2,1-4H3. The average Bonchev–Trinajstić information content (AvgIpc) is 2.66. The van der Waals surface area contributed by atoms with Crippen molar-refractivity contribution in [1.29, 1.82) is 0 Å². The third-order valence-electron chi connectivity index (χ3n) is 5.24. The molecule has 5 heteroatoms. The van der Waals surface area contributed by atoms with E-state index in [1.54, 1.807) is 0 Å². The van der Waals surface area contributed by atoms with Gasteiger partial charge in [0.1, 0.15) is 0 Å². The Kier molecular flexibility index (Phi) is 17.3. The van der Waals surface area contributed by atoms with Crippen LogP contribution in [-0.4, -0.2) is 25.9 Å². The minimum Gasteiger partial charge on any atom is -0.330 e. The maximum absolute atomic E-state index is 13.3. The van der Waals surface area contributed by atoms with Crippen LogP contribution in [0.3, 0.4) is 0 Å². The van der Waals surface area contributed by atoms with Crippen molar-refractivity contribution in [2.45, 2.75) is 98.3 Å². The lowest BCUT2D eigenvalue weighted by Crippen LogP contribution is -2.14. The Morgan fingerprint density at radius 1 is 0.769 bits per heavy atom. The van der Waals surface area contributed by atoms with E-state index >= 15 is 0 Å². The number of hydrogen-bond acceptors (Lipinski definition) is 4. The van der Waals surface area contributed by atoms with E-state index in [2.05, 4.69) is 27.7 Å². The van der Waals surface area contributed by atoms with E-state index in [4.69, 9.17) is 14.8 Å². The second-order valence-corrected chi connectivity index (χ2v) is 9.79.